The van der Waals surface area contributed by atoms with E-state index in [1.54, 1.807) is 18.2 Å². The smallest absolute Gasteiger partial charge is 0.229 e. The molecule has 0 unspecified atom stereocenters. The number of benzene rings is 3. The molecular formula is C32H32O9. The monoisotopic (exact) mass is 560 g/mol. The Bertz CT molecular complexity index is 1480. The Morgan fingerprint density at radius 2 is 1.44 bits per heavy atom. The van der Waals surface area contributed by atoms with Crippen LogP contribution in [0.25, 0.3) is 0 Å². The van der Waals surface area contributed by atoms with E-state index in [4.69, 9.17) is 9.47 Å². The van der Waals surface area contributed by atoms with E-state index >= 15 is 0 Å². The lowest BCUT2D eigenvalue weighted by molar-refractivity contribution is -0.277. The zero-order chi connectivity index (χ0) is 28.9. The normalized spacial score (nSPS) is 26.9. The minimum absolute atomic E-state index is 0.120. The largest absolute Gasteiger partial charge is 0.504 e. The first kappa shape index (κ1) is 27.6. The molecular weight excluding hydrogens is 528 g/mol. The van der Waals surface area contributed by atoms with E-state index in [2.05, 4.69) is 12.1 Å². The maximum Gasteiger partial charge on any atom is 0.229 e. The van der Waals surface area contributed by atoms with Crippen LogP contribution < -0.4 is 4.74 Å². The number of carbonyl (C=O) groups excluding carboxylic acids is 2. The molecule has 0 aromatic heterocycles. The van der Waals surface area contributed by atoms with E-state index in [1.807, 2.05) is 18.2 Å². The molecule has 5 N–H and O–H groups in total. The molecule has 1 aliphatic heterocycles. The molecule has 3 aromatic carbocycles. The summed E-state index contributed by atoms with van der Waals surface area (Å²) in [7, 11) is 0. The van der Waals surface area contributed by atoms with E-state index in [0.717, 1.165) is 31.2 Å². The number of ketones is 2. The van der Waals surface area contributed by atoms with Crippen molar-refractivity contribution in [2.75, 3.05) is 6.61 Å². The third-order valence-corrected chi connectivity index (χ3v) is 8.78. The minimum Gasteiger partial charge on any atom is -0.504 e. The van der Waals surface area contributed by atoms with Crippen LogP contribution in [0.15, 0.2) is 60.7 Å². The van der Waals surface area contributed by atoms with Gasteiger partial charge in [-0.3, -0.25) is 9.59 Å². The maximum atomic E-state index is 13.9. The fraction of sp³-hybridized carbons (Fsp3) is 0.375. The highest BCUT2D eigenvalue weighted by molar-refractivity contribution is 6.30. The Hall–Kier alpha value is -3.60. The van der Waals surface area contributed by atoms with Gasteiger partial charge in [-0.05, 0) is 41.9 Å². The lowest BCUT2D eigenvalue weighted by Crippen LogP contribution is -2.60. The van der Waals surface area contributed by atoms with Crippen LogP contribution >= 0.6 is 0 Å². The SMILES string of the molecule is O=C1c2ccccc2C(=O)c2c(O)c(O[C@H]3O[C@@H](CO)[C@H](O)[C@@H](O)[C@@H]3O)cc(CC3(c4ccccc4)CCCC3)c21. The Kier molecular flexibility index (Phi) is 7.17. The summed E-state index contributed by atoms with van der Waals surface area (Å²) in [4.78, 5) is 27.7. The number of phenolic OH excluding ortho intramolecular Hbond substituents is 1. The quantitative estimate of drug-likeness (QED) is 0.239. The molecule has 1 saturated carbocycles. The molecule has 2 fully saturated rings. The summed E-state index contributed by atoms with van der Waals surface area (Å²) < 4.78 is 11.4. The average Bonchev–Trinajstić information content (AvgIpc) is 3.47. The van der Waals surface area contributed by atoms with Crippen molar-refractivity contribution in [2.45, 2.75) is 68.2 Å². The number of rotatable bonds is 6. The number of ether oxygens (including phenoxy) is 2. The van der Waals surface area contributed by atoms with Crippen LogP contribution in [0.4, 0.5) is 0 Å². The molecule has 41 heavy (non-hydrogen) atoms. The summed E-state index contributed by atoms with van der Waals surface area (Å²) in [6.45, 7) is -0.657. The highest BCUT2D eigenvalue weighted by atomic mass is 16.7. The van der Waals surface area contributed by atoms with Crippen molar-refractivity contribution in [3.8, 4) is 11.5 Å². The zero-order valence-electron chi connectivity index (χ0n) is 22.3. The lowest BCUT2D eigenvalue weighted by Gasteiger charge is -2.39. The minimum atomic E-state index is -1.73. The summed E-state index contributed by atoms with van der Waals surface area (Å²) in [5, 5.41) is 52.0. The van der Waals surface area contributed by atoms with Crippen molar-refractivity contribution < 1.29 is 44.6 Å². The molecule has 0 radical (unpaired) electrons. The predicted octanol–water partition coefficient (Wildman–Crippen LogP) is 2.40. The van der Waals surface area contributed by atoms with E-state index in [1.165, 1.54) is 12.1 Å². The van der Waals surface area contributed by atoms with Crippen molar-refractivity contribution >= 4 is 11.6 Å². The molecule has 3 aliphatic rings. The van der Waals surface area contributed by atoms with Gasteiger partial charge < -0.3 is 35.0 Å². The number of hydrogen-bond donors (Lipinski definition) is 5. The van der Waals surface area contributed by atoms with Gasteiger partial charge in [0.15, 0.2) is 23.1 Å². The second-order valence-electron chi connectivity index (χ2n) is 11.2. The summed E-state index contributed by atoms with van der Waals surface area (Å²) in [5.41, 5.74) is 1.67. The zero-order valence-corrected chi connectivity index (χ0v) is 22.3. The van der Waals surface area contributed by atoms with Gasteiger partial charge in [0.05, 0.1) is 12.2 Å². The molecule has 0 bridgehead atoms. The van der Waals surface area contributed by atoms with Crippen LogP contribution in [0.5, 0.6) is 11.5 Å². The summed E-state index contributed by atoms with van der Waals surface area (Å²) in [6, 6.07) is 18.0. The Balaban J connectivity index is 1.49. The summed E-state index contributed by atoms with van der Waals surface area (Å²) in [6.07, 6.45) is -3.69. The second kappa shape index (κ2) is 10.7. The van der Waals surface area contributed by atoms with Gasteiger partial charge in [-0.2, -0.15) is 0 Å². The van der Waals surface area contributed by atoms with Crippen molar-refractivity contribution in [1.82, 2.24) is 0 Å². The number of aliphatic hydroxyl groups excluding tert-OH is 4. The Morgan fingerprint density at radius 3 is 2.07 bits per heavy atom. The van der Waals surface area contributed by atoms with Gasteiger partial charge in [0, 0.05) is 16.7 Å². The van der Waals surface area contributed by atoms with Gasteiger partial charge in [0.1, 0.15) is 24.4 Å². The van der Waals surface area contributed by atoms with Crippen LogP contribution in [0.2, 0.25) is 0 Å². The van der Waals surface area contributed by atoms with E-state index in [0.29, 0.717) is 12.0 Å². The highest BCUT2D eigenvalue weighted by Crippen LogP contribution is 2.48. The first-order chi connectivity index (χ1) is 19.8. The third-order valence-electron chi connectivity index (χ3n) is 8.78. The Morgan fingerprint density at radius 1 is 0.829 bits per heavy atom. The van der Waals surface area contributed by atoms with Gasteiger partial charge in [0.2, 0.25) is 6.29 Å². The van der Waals surface area contributed by atoms with Crippen molar-refractivity contribution in [1.29, 1.82) is 0 Å². The predicted molar refractivity (Wildman–Crippen MR) is 146 cm³/mol. The van der Waals surface area contributed by atoms with Crippen LogP contribution in [0.3, 0.4) is 0 Å². The molecule has 3 aromatic rings. The summed E-state index contributed by atoms with van der Waals surface area (Å²) in [5.74, 6) is -1.71. The number of aromatic hydroxyl groups is 1. The van der Waals surface area contributed by atoms with Gasteiger partial charge in [-0.1, -0.05) is 67.4 Å². The fourth-order valence-electron chi connectivity index (χ4n) is 6.62. The molecule has 9 heteroatoms. The topological polar surface area (TPSA) is 154 Å². The average molecular weight is 561 g/mol. The first-order valence-electron chi connectivity index (χ1n) is 13.9. The lowest BCUT2D eigenvalue weighted by atomic mass is 9.71. The number of aliphatic hydroxyl groups is 4. The third kappa shape index (κ3) is 4.54. The molecule has 6 rings (SSSR count). The van der Waals surface area contributed by atoms with E-state index < -0.39 is 48.8 Å². The molecule has 0 amide bonds. The first-order valence-corrected chi connectivity index (χ1v) is 13.9. The van der Waals surface area contributed by atoms with Gasteiger partial charge in [-0.25, -0.2) is 0 Å². The van der Waals surface area contributed by atoms with Crippen LogP contribution in [0.1, 0.15) is 68.7 Å². The summed E-state index contributed by atoms with van der Waals surface area (Å²) >= 11 is 0. The van der Waals surface area contributed by atoms with Gasteiger partial charge in [-0.15, -0.1) is 0 Å². The Labute approximate surface area is 236 Å². The molecule has 214 valence electrons. The van der Waals surface area contributed by atoms with E-state index in [9.17, 15) is 35.1 Å². The molecule has 9 nitrogen and oxygen atoms in total. The number of fused-ring (bicyclic) bond motifs is 2. The molecule has 5 atom stereocenters. The fourth-order valence-corrected chi connectivity index (χ4v) is 6.62. The maximum absolute atomic E-state index is 13.9. The van der Waals surface area contributed by atoms with Crippen LogP contribution in [-0.2, 0) is 16.6 Å². The van der Waals surface area contributed by atoms with Crippen molar-refractivity contribution in [3.63, 3.8) is 0 Å². The standard InChI is InChI=1S/C32H32O9/c33-16-22-28(37)29(38)30(39)31(41-22)40-21-14-17(15-32(12-6-7-13-32)18-8-2-1-3-9-18)23-24(27(21)36)26(35)20-11-5-4-10-19(20)25(23)34/h1-5,8-11,14,22,28-31,33,36-39H,6-7,12-13,15-16H2/t22-,28-,29+,30-,31-/m0/s1. The highest BCUT2D eigenvalue weighted by Gasteiger charge is 2.46. The molecule has 1 saturated heterocycles. The van der Waals surface area contributed by atoms with Gasteiger partial charge >= 0.3 is 0 Å². The number of hydrogen-bond acceptors (Lipinski definition) is 9. The van der Waals surface area contributed by atoms with Crippen LogP contribution in [0, 0.1) is 0 Å². The molecule has 1 heterocycles. The van der Waals surface area contributed by atoms with Crippen molar-refractivity contribution in [2.24, 2.45) is 0 Å². The second-order valence-corrected chi connectivity index (χ2v) is 11.2. The molecule has 2 aliphatic carbocycles. The van der Waals surface area contributed by atoms with Crippen molar-refractivity contribution in [3.05, 3.63) is 94.0 Å². The number of carbonyl (C=O) groups is 2. The van der Waals surface area contributed by atoms with E-state index in [-0.39, 0.29) is 39.2 Å². The molecule has 0 spiro atoms. The van der Waals surface area contributed by atoms with Gasteiger partial charge in [0.25, 0.3) is 0 Å². The number of phenols is 1. The van der Waals surface area contributed by atoms with Crippen LogP contribution in [-0.4, -0.2) is 74.4 Å².